The minimum Gasteiger partial charge on any atom is -0.319 e. The van der Waals surface area contributed by atoms with Gasteiger partial charge in [0.2, 0.25) is 10.0 Å². The van der Waals surface area contributed by atoms with Gasteiger partial charge >= 0.3 is 0 Å². The van der Waals surface area contributed by atoms with E-state index in [0.717, 1.165) is 30.1 Å². The highest BCUT2D eigenvalue weighted by Gasteiger charge is 2.29. The number of fused-ring (bicyclic) bond motifs is 1. The molecular weight excluding hydrogens is 457 g/mol. The molecule has 2 fully saturated rings. The highest BCUT2D eigenvalue weighted by atomic mass is 35.5. The monoisotopic (exact) mass is 479 g/mol. The molecule has 9 heteroatoms. The smallest absolute Gasteiger partial charge is 0.243 e. The maximum Gasteiger partial charge on any atom is 0.243 e. The van der Waals surface area contributed by atoms with Crippen molar-refractivity contribution in [3.05, 3.63) is 52.8 Å². The van der Waals surface area contributed by atoms with Gasteiger partial charge in [0, 0.05) is 30.4 Å². The van der Waals surface area contributed by atoms with Crippen molar-refractivity contribution in [2.75, 3.05) is 13.1 Å². The van der Waals surface area contributed by atoms with E-state index in [1.165, 1.54) is 30.7 Å². The summed E-state index contributed by atoms with van der Waals surface area (Å²) in [4.78, 5) is 5.04. The van der Waals surface area contributed by atoms with Crippen LogP contribution in [0.25, 0.3) is 11.0 Å². The Kier molecular flexibility index (Phi) is 5.75. The fourth-order valence-corrected chi connectivity index (χ4v) is 6.66. The van der Waals surface area contributed by atoms with Gasteiger partial charge in [-0.2, -0.15) is 4.31 Å². The molecule has 3 aromatic rings. The van der Waals surface area contributed by atoms with E-state index < -0.39 is 10.0 Å². The summed E-state index contributed by atoms with van der Waals surface area (Å²) in [6.07, 6.45) is 4.19. The number of aromatic nitrogens is 2. The zero-order valence-electron chi connectivity index (χ0n) is 16.9. The number of rotatable bonds is 7. The van der Waals surface area contributed by atoms with Gasteiger partial charge in [0.25, 0.3) is 0 Å². The van der Waals surface area contributed by atoms with Gasteiger partial charge in [-0.3, -0.25) is 0 Å². The highest BCUT2D eigenvalue weighted by molar-refractivity contribution is 7.98. The van der Waals surface area contributed by atoms with E-state index >= 15 is 0 Å². The van der Waals surface area contributed by atoms with E-state index in [4.69, 9.17) is 16.6 Å². The molecule has 1 aromatic heterocycles. The van der Waals surface area contributed by atoms with Crippen LogP contribution in [0, 0.1) is 11.7 Å². The second kappa shape index (κ2) is 8.39. The van der Waals surface area contributed by atoms with E-state index in [9.17, 15) is 12.8 Å². The lowest BCUT2D eigenvalue weighted by Gasteiger charge is -2.15. The van der Waals surface area contributed by atoms with Crippen molar-refractivity contribution in [3.8, 4) is 0 Å². The molecule has 2 aliphatic rings. The maximum absolute atomic E-state index is 14.2. The first-order valence-corrected chi connectivity index (χ1v) is 13.3. The molecule has 2 heterocycles. The first-order chi connectivity index (χ1) is 14.9. The topological polar surface area (TPSA) is 55.2 Å². The third-order valence-electron chi connectivity index (χ3n) is 5.90. The second-order valence-corrected chi connectivity index (χ2v) is 11.6. The summed E-state index contributed by atoms with van der Waals surface area (Å²) in [5.41, 5.74) is 2.16. The molecule has 1 saturated carbocycles. The quantitative estimate of drug-likeness (QED) is 0.430. The molecule has 1 saturated heterocycles. The fraction of sp³-hybridized carbons (Fsp3) is 0.409. The van der Waals surface area contributed by atoms with Gasteiger partial charge < -0.3 is 4.57 Å². The third-order valence-corrected chi connectivity index (χ3v) is 9.05. The average Bonchev–Trinajstić information content (AvgIpc) is 3.24. The Labute approximate surface area is 190 Å². The number of imidazole rings is 1. The number of nitrogens with zero attached hydrogens (tertiary/aromatic N) is 3. The van der Waals surface area contributed by atoms with Crippen LogP contribution in [0.15, 0.2) is 46.5 Å². The number of hydrogen-bond acceptors (Lipinski definition) is 4. The molecular formula is C22H23ClFN3O2S2. The van der Waals surface area contributed by atoms with Crippen LogP contribution in [0.1, 0.15) is 31.2 Å². The lowest BCUT2D eigenvalue weighted by Crippen LogP contribution is -2.27. The Morgan fingerprint density at radius 3 is 2.61 bits per heavy atom. The first-order valence-electron chi connectivity index (χ1n) is 10.5. The summed E-state index contributed by atoms with van der Waals surface area (Å²) < 4.78 is 43.8. The minimum atomic E-state index is -3.49. The van der Waals surface area contributed by atoms with Crippen LogP contribution in [0.2, 0.25) is 5.02 Å². The van der Waals surface area contributed by atoms with E-state index in [1.54, 1.807) is 28.6 Å². The number of halogens is 2. The zero-order valence-corrected chi connectivity index (χ0v) is 19.3. The van der Waals surface area contributed by atoms with Crippen molar-refractivity contribution < 1.29 is 12.8 Å². The van der Waals surface area contributed by atoms with Crippen molar-refractivity contribution in [2.24, 2.45) is 5.92 Å². The van der Waals surface area contributed by atoms with Gasteiger partial charge in [-0.1, -0.05) is 29.4 Å². The molecule has 1 aliphatic carbocycles. The lowest BCUT2D eigenvalue weighted by molar-refractivity contribution is 0.477. The Morgan fingerprint density at radius 1 is 1.13 bits per heavy atom. The summed E-state index contributed by atoms with van der Waals surface area (Å²) in [6, 6.07) is 9.93. The molecule has 0 amide bonds. The van der Waals surface area contributed by atoms with E-state index in [0.29, 0.717) is 45.8 Å². The predicted octanol–water partition coefficient (Wildman–Crippen LogP) is 5.32. The molecule has 0 unspecified atom stereocenters. The highest BCUT2D eigenvalue weighted by Crippen LogP contribution is 2.36. The predicted molar refractivity (Wildman–Crippen MR) is 121 cm³/mol. The standard InChI is InChI=1S/C22H23ClFN3O2S2/c23-17-6-5-16(19(24)11-17)14-30-22-25-20-12-18(31(28,29)26-9-1-2-10-26)7-8-21(20)27(22)13-15-3-4-15/h5-8,11-12,15H,1-4,9-10,13-14H2. The summed E-state index contributed by atoms with van der Waals surface area (Å²) in [5, 5.41) is 1.16. The molecule has 0 radical (unpaired) electrons. The summed E-state index contributed by atoms with van der Waals surface area (Å²) >= 11 is 7.32. The van der Waals surface area contributed by atoms with Gasteiger partial charge in [0.15, 0.2) is 5.16 Å². The van der Waals surface area contributed by atoms with Gasteiger partial charge in [-0.15, -0.1) is 0 Å². The third kappa shape index (κ3) is 4.35. The van der Waals surface area contributed by atoms with Gasteiger partial charge in [-0.05, 0) is 67.5 Å². The SMILES string of the molecule is O=S(=O)(c1ccc2c(c1)nc(SCc1ccc(Cl)cc1F)n2CC1CC1)N1CCCC1. The van der Waals surface area contributed by atoms with Crippen LogP contribution in [-0.4, -0.2) is 35.4 Å². The van der Waals surface area contributed by atoms with Gasteiger partial charge in [-0.25, -0.2) is 17.8 Å². The Balaban J connectivity index is 1.48. The molecule has 0 N–H and O–H groups in total. The van der Waals surface area contributed by atoms with Gasteiger partial charge in [0.1, 0.15) is 5.82 Å². The molecule has 5 rings (SSSR count). The van der Waals surface area contributed by atoms with Crippen LogP contribution in [0.5, 0.6) is 0 Å². The zero-order chi connectivity index (χ0) is 21.6. The second-order valence-electron chi connectivity index (χ2n) is 8.23. The lowest BCUT2D eigenvalue weighted by atomic mass is 10.2. The number of sulfonamides is 1. The molecule has 164 valence electrons. The molecule has 1 aliphatic heterocycles. The Bertz CT molecular complexity index is 1240. The molecule has 2 aromatic carbocycles. The van der Waals surface area contributed by atoms with Crippen LogP contribution in [0.3, 0.4) is 0 Å². The Hall–Kier alpha value is -1.61. The largest absolute Gasteiger partial charge is 0.319 e. The average molecular weight is 480 g/mol. The van der Waals surface area contributed by atoms with Gasteiger partial charge in [0.05, 0.1) is 15.9 Å². The number of thioether (sulfide) groups is 1. The van der Waals surface area contributed by atoms with Crippen molar-refractivity contribution in [1.29, 1.82) is 0 Å². The van der Waals surface area contributed by atoms with E-state index in [2.05, 4.69) is 4.57 Å². The van der Waals surface area contributed by atoms with Crippen LogP contribution < -0.4 is 0 Å². The van der Waals surface area contributed by atoms with Crippen LogP contribution in [0.4, 0.5) is 4.39 Å². The van der Waals surface area contributed by atoms with E-state index in [-0.39, 0.29) is 5.82 Å². The Morgan fingerprint density at radius 2 is 1.90 bits per heavy atom. The first kappa shape index (κ1) is 21.2. The summed E-state index contributed by atoms with van der Waals surface area (Å²) in [6.45, 7) is 1.99. The van der Waals surface area contributed by atoms with Crippen molar-refractivity contribution in [3.63, 3.8) is 0 Å². The van der Waals surface area contributed by atoms with Crippen LogP contribution in [-0.2, 0) is 22.3 Å². The minimum absolute atomic E-state index is 0.290. The van der Waals surface area contributed by atoms with Crippen LogP contribution >= 0.6 is 23.4 Å². The molecule has 0 atom stereocenters. The molecule has 31 heavy (non-hydrogen) atoms. The van der Waals surface area contributed by atoms with Crippen molar-refractivity contribution >= 4 is 44.4 Å². The fourth-order valence-electron chi connectivity index (χ4n) is 3.95. The molecule has 5 nitrogen and oxygen atoms in total. The number of hydrogen-bond donors (Lipinski definition) is 0. The van der Waals surface area contributed by atoms with Crippen molar-refractivity contribution in [2.45, 2.75) is 48.0 Å². The molecule has 0 bridgehead atoms. The normalized spacial score (nSPS) is 17.6. The maximum atomic E-state index is 14.2. The molecule has 0 spiro atoms. The summed E-state index contributed by atoms with van der Waals surface area (Å²) in [5.74, 6) is 0.719. The van der Waals surface area contributed by atoms with Crippen molar-refractivity contribution in [1.82, 2.24) is 13.9 Å². The summed E-state index contributed by atoms with van der Waals surface area (Å²) in [7, 11) is -3.49. The van der Waals surface area contributed by atoms with E-state index in [1.807, 2.05) is 6.07 Å². The number of benzene rings is 2.